The summed E-state index contributed by atoms with van der Waals surface area (Å²) in [5.74, 6) is -0.814. The third kappa shape index (κ3) is 4.49. The van der Waals surface area contributed by atoms with E-state index in [9.17, 15) is 9.59 Å². The lowest BCUT2D eigenvalue weighted by Crippen LogP contribution is -2.24. The highest BCUT2D eigenvalue weighted by Crippen LogP contribution is 2.27. The molecule has 0 aliphatic rings. The average Bonchev–Trinajstić information content (AvgIpc) is 2.78. The number of benzene rings is 3. The molecular weight excluding hydrogens is 410 g/mol. The Labute approximate surface area is 185 Å². The number of fused-ring (bicyclic) bond motifs is 1. The molecule has 0 aliphatic carbocycles. The topological polar surface area (TPSA) is 56.3 Å². The van der Waals surface area contributed by atoms with Gasteiger partial charge in [0, 0.05) is 21.5 Å². The summed E-state index contributed by atoms with van der Waals surface area (Å²) in [5.41, 5.74) is 3.99. The van der Waals surface area contributed by atoms with Crippen molar-refractivity contribution in [2.24, 2.45) is 0 Å². The quantitative estimate of drug-likeness (QED) is 0.276. The van der Waals surface area contributed by atoms with Gasteiger partial charge < -0.3 is 4.74 Å². The van der Waals surface area contributed by atoms with Crippen LogP contribution in [0.4, 0.5) is 0 Å². The molecule has 154 valence electrons. The van der Waals surface area contributed by atoms with Crippen molar-refractivity contribution < 1.29 is 14.3 Å². The van der Waals surface area contributed by atoms with Crippen molar-refractivity contribution in [3.05, 3.63) is 101 Å². The molecule has 0 amide bonds. The van der Waals surface area contributed by atoms with E-state index in [1.165, 1.54) is 0 Å². The first-order valence-corrected chi connectivity index (χ1v) is 10.3. The zero-order valence-corrected chi connectivity index (χ0v) is 17.9. The van der Waals surface area contributed by atoms with Gasteiger partial charge in [-0.3, -0.25) is 4.79 Å². The Morgan fingerprint density at radius 2 is 1.65 bits per heavy atom. The van der Waals surface area contributed by atoms with E-state index < -0.39 is 12.1 Å². The number of ether oxygens (including phenoxy) is 1. The van der Waals surface area contributed by atoms with E-state index in [4.69, 9.17) is 21.3 Å². The Bertz CT molecular complexity index is 1270. The maximum Gasteiger partial charge on any atom is 0.339 e. The molecule has 4 rings (SSSR count). The molecule has 1 aromatic heterocycles. The smallest absolute Gasteiger partial charge is 0.339 e. The minimum Gasteiger partial charge on any atom is -0.451 e. The normalized spacial score (nSPS) is 11.8. The van der Waals surface area contributed by atoms with Gasteiger partial charge in [0.05, 0.1) is 16.8 Å². The molecule has 0 spiro atoms. The maximum atomic E-state index is 13.1. The molecule has 0 bridgehead atoms. The molecule has 31 heavy (non-hydrogen) atoms. The van der Waals surface area contributed by atoms with Gasteiger partial charge in [-0.2, -0.15) is 0 Å². The molecule has 1 atom stereocenters. The number of Topliss-reactive ketones (excluding diaryl/α,β-unsaturated/α-hetero) is 1. The lowest BCUT2D eigenvalue weighted by Gasteiger charge is -2.15. The summed E-state index contributed by atoms with van der Waals surface area (Å²) in [6.45, 7) is 3.53. The molecule has 0 saturated carbocycles. The largest absolute Gasteiger partial charge is 0.451 e. The van der Waals surface area contributed by atoms with E-state index in [2.05, 4.69) is 0 Å². The molecule has 3 aromatic carbocycles. The number of hydrogen-bond donors (Lipinski definition) is 0. The van der Waals surface area contributed by atoms with Gasteiger partial charge in [0.1, 0.15) is 0 Å². The Kier molecular flexibility index (Phi) is 5.83. The molecule has 4 nitrogen and oxygen atoms in total. The zero-order chi connectivity index (χ0) is 22.0. The van der Waals surface area contributed by atoms with E-state index in [0.717, 1.165) is 11.1 Å². The summed E-state index contributed by atoms with van der Waals surface area (Å²) in [7, 11) is 0. The average molecular weight is 430 g/mol. The van der Waals surface area contributed by atoms with Crippen LogP contribution in [0.25, 0.3) is 22.2 Å². The van der Waals surface area contributed by atoms with Crippen molar-refractivity contribution in [1.82, 2.24) is 4.98 Å². The molecule has 1 heterocycles. The fraction of sp³-hybridized carbons (Fsp3) is 0.115. The van der Waals surface area contributed by atoms with Crippen LogP contribution in [0.1, 0.15) is 33.2 Å². The summed E-state index contributed by atoms with van der Waals surface area (Å²) in [6.07, 6.45) is -0.915. The molecule has 5 heteroatoms. The molecule has 0 radical (unpaired) electrons. The van der Waals surface area contributed by atoms with Crippen LogP contribution in [0, 0.1) is 6.92 Å². The Balaban J connectivity index is 1.72. The van der Waals surface area contributed by atoms with Crippen LogP contribution >= 0.6 is 11.6 Å². The fourth-order valence-corrected chi connectivity index (χ4v) is 3.52. The van der Waals surface area contributed by atoms with E-state index in [1.807, 2.05) is 43.3 Å². The van der Waals surface area contributed by atoms with Gasteiger partial charge in [-0.05, 0) is 44.2 Å². The summed E-state index contributed by atoms with van der Waals surface area (Å²) < 4.78 is 5.57. The van der Waals surface area contributed by atoms with Crippen LogP contribution in [0.2, 0.25) is 5.02 Å². The fourth-order valence-electron chi connectivity index (χ4n) is 3.39. The van der Waals surface area contributed by atoms with Crippen LogP contribution in [0.5, 0.6) is 0 Å². The van der Waals surface area contributed by atoms with E-state index in [1.54, 1.807) is 49.4 Å². The van der Waals surface area contributed by atoms with Gasteiger partial charge in [-0.1, -0.05) is 65.7 Å². The summed E-state index contributed by atoms with van der Waals surface area (Å²) in [6, 6.07) is 23.5. The molecule has 0 N–H and O–H groups in total. The highest BCUT2D eigenvalue weighted by Gasteiger charge is 2.22. The van der Waals surface area contributed by atoms with Crippen LogP contribution < -0.4 is 0 Å². The number of pyridine rings is 1. The van der Waals surface area contributed by atoms with Crippen molar-refractivity contribution in [2.75, 3.05) is 0 Å². The van der Waals surface area contributed by atoms with E-state index in [-0.39, 0.29) is 5.78 Å². The van der Waals surface area contributed by atoms with Crippen LogP contribution in [-0.2, 0) is 4.74 Å². The number of hydrogen-bond acceptors (Lipinski definition) is 4. The monoisotopic (exact) mass is 429 g/mol. The van der Waals surface area contributed by atoms with Gasteiger partial charge >= 0.3 is 5.97 Å². The highest BCUT2D eigenvalue weighted by atomic mass is 35.5. The lowest BCUT2D eigenvalue weighted by molar-refractivity contribution is 0.0320. The summed E-state index contributed by atoms with van der Waals surface area (Å²) in [5, 5.41) is 1.30. The number of nitrogens with zero attached hydrogens (tertiary/aromatic N) is 1. The minimum absolute atomic E-state index is 0.249. The van der Waals surface area contributed by atoms with Gasteiger partial charge in [-0.15, -0.1) is 0 Å². The summed E-state index contributed by atoms with van der Waals surface area (Å²) in [4.78, 5) is 30.5. The summed E-state index contributed by atoms with van der Waals surface area (Å²) >= 11 is 6.00. The second-order valence-electron chi connectivity index (χ2n) is 7.36. The van der Waals surface area contributed by atoms with Crippen molar-refractivity contribution in [1.29, 1.82) is 0 Å². The molecule has 0 aliphatic heterocycles. The Morgan fingerprint density at radius 1 is 0.935 bits per heavy atom. The predicted molar refractivity (Wildman–Crippen MR) is 123 cm³/mol. The van der Waals surface area contributed by atoms with Crippen LogP contribution in [0.15, 0.2) is 78.9 Å². The number of carbonyl (C=O) groups is 2. The van der Waals surface area contributed by atoms with Gasteiger partial charge in [-0.25, -0.2) is 9.78 Å². The number of aryl methyl sites for hydroxylation is 1. The van der Waals surface area contributed by atoms with Crippen molar-refractivity contribution in [2.45, 2.75) is 20.0 Å². The highest BCUT2D eigenvalue weighted by molar-refractivity contribution is 6.30. The Morgan fingerprint density at radius 3 is 2.35 bits per heavy atom. The Hall–Kier alpha value is -3.50. The van der Waals surface area contributed by atoms with Crippen molar-refractivity contribution in [3.8, 4) is 11.3 Å². The first-order valence-electron chi connectivity index (χ1n) is 9.90. The van der Waals surface area contributed by atoms with Crippen molar-refractivity contribution in [3.63, 3.8) is 0 Å². The van der Waals surface area contributed by atoms with E-state index >= 15 is 0 Å². The SMILES string of the molecule is Cc1ccc2nc(-c3ccc(Cl)cc3)cc(C(=O)OC(C)C(=O)c3ccccc3)c2c1. The zero-order valence-electron chi connectivity index (χ0n) is 17.1. The number of esters is 1. The first-order chi connectivity index (χ1) is 14.9. The number of carbonyl (C=O) groups excluding carboxylic acids is 2. The van der Waals surface area contributed by atoms with Gasteiger partial charge in [0.25, 0.3) is 0 Å². The second-order valence-corrected chi connectivity index (χ2v) is 7.80. The van der Waals surface area contributed by atoms with Crippen molar-refractivity contribution >= 4 is 34.3 Å². The lowest BCUT2D eigenvalue weighted by atomic mass is 10.0. The van der Waals surface area contributed by atoms with Gasteiger partial charge in [0.2, 0.25) is 5.78 Å². The molecule has 0 fully saturated rings. The second kappa shape index (κ2) is 8.70. The number of ketones is 1. The van der Waals surface area contributed by atoms with Crippen LogP contribution in [0.3, 0.4) is 0 Å². The number of aromatic nitrogens is 1. The van der Waals surface area contributed by atoms with E-state index in [0.29, 0.717) is 32.7 Å². The molecular formula is C26H20ClNO3. The third-order valence-corrected chi connectivity index (χ3v) is 5.29. The standard InChI is InChI=1S/C26H20ClNO3/c1-16-8-13-23-21(14-16)22(15-24(28-23)18-9-11-20(27)12-10-18)26(30)31-17(2)25(29)19-6-4-3-5-7-19/h3-15,17H,1-2H3. The molecule has 0 saturated heterocycles. The minimum atomic E-state index is -0.915. The van der Waals surface area contributed by atoms with Crippen LogP contribution in [-0.4, -0.2) is 22.8 Å². The molecule has 4 aromatic rings. The maximum absolute atomic E-state index is 13.1. The molecule has 1 unspecified atom stereocenters. The third-order valence-electron chi connectivity index (χ3n) is 5.04. The number of rotatable bonds is 5. The predicted octanol–water partition coefficient (Wildman–Crippen LogP) is 6.29. The number of halogens is 1. The first kappa shape index (κ1) is 20.8. The van der Waals surface area contributed by atoms with Gasteiger partial charge in [0.15, 0.2) is 6.10 Å².